The number of furan rings is 1. The smallest absolute Gasteiger partial charge is 0.371 e. The molecule has 0 aliphatic heterocycles. The molecule has 17 heavy (non-hydrogen) atoms. The number of carboxylic acid groups (broad SMARTS) is 1. The van der Waals surface area contributed by atoms with Crippen LogP contribution in [0.15, 0.2) is 40.8 Å². The lowest BCUT2D eigenvalue weighted by molar-refractivity contribution is 0.0658. The summed E-state index contributed by atoms with van der Waals surface area (Å²) >= 11 is 2.17. The van der Waals surface area contributed by atoms with Gasteiger partial charge in [0.15, 0.2) is 0 Å². The highest BCUT2D eigenvalue weighted by molar-refractivity contribution is 14.1. The van der Waals surface area contributed by atoms with Crippen molar-refractivity contribution in [2.45, 2.75) is 6.61 Å². The van der Waals surface area contributed by atoms with Gasteiger partial charge in [0.25, 0.3) is 0 Å². The van der Waals surface area contributed by atoms with Gasteiger partial charge in [-0.1, -0.05) is 12.1 Å². The van der Waals surface area contributed by atoms with Gasteiger partial charge in [0.05, 0.1) is 3.57 Å². The minimum atomic E-state index is -1.08. The second-order valence-electron chi connectivity index (χ2n) is 3.29. The summed E-state index contributed by atoms with van der Waals surface area (Å²) in [5.41, 5.74) is 0. The molecule has 0 atom stereocenters. The van der Waals surface area contributed by atoms with E-state index >= 15 is 0 Å². The Kier molecular flexibility index (Phi) is 3.68. The fraction of sp³-hybridized carbons (Fsp3) is 0.0833. The quantitative estimate of drug-likeness (QED) is 0.866. The Bertz CT molecular complexity index is 533. The number of rotatable bonds is 4. The topological polar surface area (TPSA) is 59.7 Å². The van der Waals surface area contributed by atoms with Crippen LogP contribution >= 0.6 is 22.6 Å². The molecule has 0 unspecified atom stereocenters. The molecule has 4 nitrogen and oxygen atoms in total. The highest BCUT2D eigenvalue weighted by Gasteiger charge is 2.09. The number of carbonyl (C=O) groups is 1. The number of aromatic carboxylic acids is 1. The molecule has 0 aliphatic carbocycles. The van der Waals surface area contributed by atoms with Gasteiger partial charge < -0.3 is 14.3 Å². The molecule has 1 aromatic carbocycles. The van der Waals surface area contributed by atoms with Crippen LogP contribution in [0.3, 0.4) is 0 Å². The summed E-state index contributed by atoms with van der Waals surface area (Å²) in [5, 5.41) is 8.69. The van der Waals surface area contributed by atoms with E-state index in [1.807, 2.05) is 24.3 Å². The first-order valence-corrected chi connectivity index (χ1v) is 5.94. The SMILES string of the molecule is O=C(O)c1ccc(COc2ccccc2I)o1. The number of halogens is 1. The molecule has 0 radical (unpaired) electrons. The molecule has 1 heterocycles. The summed E-state index contributed by atoms with van der Waals surface area (Å²) in [5.74, 6) is 0.0836. The highest BCUT2D eigenvalue weighted by atomic mass is 127. The van der Waals surface area contributed by atoms with Crippen molar-refractivity contribution in [3.8, 4) is 5.75 Å². The van der Waals surface area contributed by atoms with E-state index in [2.05, 4.69) is 22.6 Å². The molecule has 2 aromatic rings. The van der Waals surface area contributed by atoms with Gasteiger partial charge in [-0.3, -0.25) is 0 Å². The third-order valence-corrected chi connectivity index (χ3v) is 2.97. The maximum Gasteiger partial charge on any atom is 0.371 e. The maximum atomic E-state index is 10.6. The second kappa shape index (κ2) is 5.22. The Balaban J connectivity index is 2.02. The number of hydrogen-bond acceptors (Lipinski definition) is 3. The summed E-state index contributed by atoms with van der Waals surface area (Å²) in [6.45, 7) is 0.216. The van der Waals surface area contributed by atoms with Gasteiger partial charge >= 0.3 is 5.97 Å². The molecule has 5 heteroatoms. The van der Waals surface area contributed by atoms with E-state index in [0.29, 0.717) is 5.76 Å². The van der Waals surface area contributed by atoms with Gasteiger partial charge in [0.2, 0.25) is 5.76 Å². The van der Waals surface area contributed by atoms with Crippen molar-refractivity contribution in [3.05, 3.63) is 51.5 Å². The van der Waals surface area contributed by atoms with Gasteiger partial charge in [0, 0.05) is 0 Å². The number of para-hydroxylation sites is 1. The van der Waals surface area contributed by atoms with Gasteiger partial charge in [-0.15, -0.1) is 0 Å². The molecule has 0 spiro atoms. The molecule has 0 bridgehead atoms. The predicted molar refractivity (Wildman–Crippen MR) is 69.2 cm³/mol. The summed E-state index contributed by atoms with van der Waals surface area (Å²) < 4.78 is 11.6. The van der Waals surface area contributed by atoms with Crippen LogP contribution in [0.1, 0.15) is 16.3 Å². The van der Waals surface area contributed by atoms with Gasteiger partial charge in [-0.05, 0) is 46.9 Å². The minimum Gasteiger partial charge on any atom is -0.485 e. The van der Waals surface area contributed by atoms with Crippen LogP contribution in [-0.4, -0.2) is 11.1 Å². The Morgan fingerprint density at radius 2 is 2.06 bits per heavy atom. The molecular weight excluding hydrogens is 335 g/mol. The summed E-state index contributed by atoms with van der Waals surface area (Å²) in [4.78, 5) is 10.6. The van der Waals surface area contributed by atoms with Crippen molar-refractivity contribution in [1.29, 1.82) is 0 Å². The molecular formula is C12H9IO4. The van der Waals surface area contributed by atoms with Crippen LogP contribution in [0, 0.1) is 3.57 Å². The summed E-state index contributed by atoms with van der Waals surface area (Å²) in [6.07, 6.45) is 0. The molecule has 0 fully saturated rings. The average Bonchev–Trinajstić information content (AvgIpc) is 2.77. The molecule has 2 rings (SSSR count). The highest BCUT2D eigenvalue weighted by Crippen LogP contribution is 2.21. The third-order valence-electron chi connectivity index (χ3n) is 2.08. The zero-order valence-corrected chi connectivity index (χ0v) is 10.9. The number of carboxylic acids is 1. The van der Waals surface area contributed by atoms with E-state index in [1.54, 1.807) is 6.07 Å². The Hall–Kier alpha value is -1.50. The first-order valence-electron chi connectivity index (χ1n) is 4.86. The maximum absolute atomic E-state index is 10.6. The average molecular weight is 344 g/mol. The summed E-state index contributed by atoms with van der Waals surface area (Å²) in [7, 11) is 0. The van der Waals surface area contributed by atoms with Crippen molar-refractivity contribution in [2.75, 3.05) is 0 Å². The van der Waals surface area contributed by atoms with Crippen LogP contribution in [-0.2, 0) is 6.61 Å². The lowest BCUT2D eigenvalue weighted by Crippen LogP contribution is -1.96. The van der Waals surface area contributed by atoms with Crippen LogP contribution in [0.5, 0.6) is 5.75 Å². The molecule has 0 amide bonds. The van der Waals surface area contributed by atoms with E-state index in [1.165, 1.54) is 6.07 Å². The Morgan fingerprint density at radius 3 is 2.71 bits per heavy atom. The van der Waals surface area contributed by atoms with Gasteiger partial charge in [-0.2, -0.15) is 0 Å². The van der Waals surface area contributed by atoms with E-state index in [-0.39, 0.29) is 12.4 Å². The molecule has 0 saturated heterocycles. The van der Waals surface area contributed by atoms with Crippen molar-refractivity contribution in [2.24, 2.45) is 0 Å². The van der Waals surface area contributed by atoms with Crippen molar-refractivity contribution < 1.29 is 19.1 Å². The fourth-order valence-corrected chi connectivity index (χ4v) is 1.82. The van der Waals surface area contributed by atoms with Crippen molar-refractivity contribution in [1.82, 2.24) is 0 Å². The zero-order chi connectivity index (χ0) is 12.3. The zero-order valence-electron chi connectivity index (χ0n) is 8.72. The summed E-state index contributed by atoms with van der Waals surface area (Å²) in [6, 6.07) is 10.6. The Labute approximate surface area is 111 Å². The number of hydrogen-bond donors (Lipinski definition) is 1. The first kappa shape index (κ1) is 12.0. The second-order valence-corrected chi connectivity index (χ2v) is 4.45. The lowest BCUT2D eigenvalue weighted by atomic mass is 10.3. The van der Waals surface area contributed by atoms with E-state index < -0.39 is 5.97 Å². The molecule has 0 aliphatic rings. The standard InChI is InChI=1S/C12H9IO4/c13-9-3-1-2-4-10(9)16-7-8-5-6-11(17-8)12(14)15/h1-6H,7H2,(H,14,15). The fourth-order valence-electron chi connectivity index (χ4n) is 1.28. The largest absolute Gasteiger partial charge is 0.485 e. The van der Waals surface area contributed by atoms with Crippen molar-refractivity contribution in [3.63, 3.8) is 0 Å². The monoisotopic (exact) mass is 344 g/mol. The predicted octanol–water partition coefficient (Wildman–Crippen LogP) is 3.16. The minimum absolute atomic E-state index is 0.0774. The van der Waals surface area contributed by atoms with E-state index in [9.17, 15) is 4.79 Å². The number of benzene rings is 1. The number of ether oxygens (including phenoxy) is 1. The molecule has 1 N–H and O–H groups in total. The van der Waals surface area contributed by atoms with Gasteiger partial charge in [-0.25, -0.2) is 4.79 Å². The van der Waals surface area contributed by atoms with Gasteiger partial charge in [0.1, 0.15) is 18.1 Å². The molecule has 1 aromatic heterocycles. The van der Waals surface area contributed by atoms with Crippen LogP contribution < -0.4 is 4.74 Å². The van der Waals surface area contributed by atoms with Crippen LogP contribution in [0.2, 0.25) is 0 Å². The molecule has 0 saturated carbocycles. The first-order chi connectivity index (χ1) is 8.16. The van der Waals surface area contributed by atoms with Crippen LogP contribution in [0.25, 0.3) is 0 Å². The van der Waals surface area contributed by atoms with E-state index in [0.717, 1.165) is 9.32 Å². The lowest BCUT2D eigenvalue weighted by Gasteiger charge is -2.05. The normalized spacial score (nSPS) is 10.2. The third kappa shape index (κ3) is 3.00. The van der Waals surface area contributed by atoms with E-state index in [4.69, 9.17) is 14.3 Å². The van der Waals surface area contributed by atoms with Crippen molar-refractivity contribution >= 4 is 28.6 Å². The van der Waals surface area contributed by atoms with Crippen LogP contribution in [0.4, 0.5) is 0 Å². The Morgan fingerprint density at radius 1 is 1.29 bits per heavy atom. The molecule has 88 valence electrons.